The van der Waals surface area contributed by atoms with Crippen LogP contribution < -0.4 is 4.74 Å². The fraction of sp³-hybridized carbons (Fsp3) is 0.500. The Hall–Kier alpha value is -0.770. The molecule has 1 atom stereocenters. The number of ether oxygens (including phenoxy) is 2. The van der Waals surface area contributed by atoms with E-state index >= 15 is 0 Å². The normalized spacial score (nSPS) is 17.9. The molecule has 1 aromatic rings. The van der Waals surface area contributed by atoms with E-state index < -0.39 is 0 Å². The van der Waals surface area contributed by atoms with E-state index in [-0.39, 0.29) is 12.2 Å². The fourth-order valence-electron chi connectivity index (χ4n) is 1.57. The molecule has 1 saturated heterocycles. The Kier molecular flexibility index (Phi) is 3.69. The van der Waals surface area contributed by atoms with E-state index in [0.717, 1.165) is 5.56 Å². The molecule has 88 valence electrons. The topological polar surface area (TPSA) is 38.7 Å². The molecule has 3 nitrogen and oxygen atoms in total. The van der Waals surface area contributed by atoms with Crippen LogP contribution in [0.2, 0.25) is 5.02 Å². The maximum Gasteiger partial charge on any atom is 0.145 e. The van der Waals surface area contributed by atoms with Crippen molar-refractivity contribution in [3.63, 3.8) is 0 Å². The van der Waals surface area contributed by atoms with Crippen molar-refractivity contribution in [3.8, 4) is 5.75 Å². The Morgan fingerprint density at radius 1 is 1.56 bits per heavy atom. The van der Waals surface area contributed by atoms with E-state index in [9.17, 15) is 5.11 Å². The molecule has 0 spiro atoms. The molecular formula is C12H15ClO3. The van der Waals surface area contributed by atoms with Gasteiger partial charge in [-0.05, 0) is 31.0 Å². The molecule has 16 heavy (non-hydrogen) atoms. The van der Waals surface area contributed by atoms with Gasteiger partial charge < -0.3 is 14.6 Å². The van der Waals surface area contributed by atoms with Gasteiger partial charge in [0.05, 0.1) is 24.3 Å². The first kappa shape index (κ1) is 11.7. The second-order valence-electron chi connectivity index (χ2n) is 4.10. The van der Waals surface area contributed by atoms with Crippen molar-refractivity contribution in [2.75, 3.05) is 13.2 Å². The van der Waals surface area contributed by atoms with E-state index in [1.807, 2.05) is 18.2 Å². The third-order valence-corrected chi connectivity index (χ3v) is 2.72. The highest BCUT2D eigenvalue weighted by atomic mass is 35.5. The number of halogens is 1. The lowest BCUT2D eigenvalue weighted by Gasteiger charge is -2.27. The van der Waals surface area contributed by atoms with E-state index in [0.29, 0.717) is 30.4 Å². The highest BCUT2D eigenvalue weighted by molar-refractivity contribution is 6.32. The fourth-order valence-corrected chi connectivity index (χ4v) is 1.82. The van der Waals surface area contributed by atoms with Crippen molar-refractivity contribution in [1.29, 1.82) is 0 Å². The summed E-state index contributed by atoms with van der Waals surface area (Å²) in [6.45, 7) is 3.02. The highest BCUT2D eigenvalue weighted by Crippen LogP contribution is 2.28. The molecule has 1 aromatic carbocycles. The smallest absolute Gasteiger partial charge is 0.145 e. The molecule has 0 bridgehead atoms. The summed E-state index contributed by atoms with van der Waals surface area (Å²) in [5.74, 6) is 0.685. The van der Waals surface area contributed by atoms with E-state index in [1.54, 1.807) is 6.92 Å². The molecule has 2 rings (SSSR count). The van der Waals surface area contributed by atoms with Crippen LogP contribution in [-0.2, 0) is 11.2 Å². The van der Waals surface area contributed by atoms with Gasteiger partial charge in [0.25, 0.3) is 0 Å². The molecule has 1 N–H and O–H groups in total. The molecule has 1 aliphatic rings. The molecule has 0 aliphatic carbocycles. The average Bonchev–Trinajstić information content (AvgIpc) is 2.12. The van der Waals surface area contributed by atoms with Gasteiger partial charge >= 0.3 is 0 Å². The first-order valence-corrected chi connectivity index (χ1v) is 5.74. The van der Waals surface area contributed by atoms with Gasteiger partial charge in [0, 0.05) is 0 Å². The Morgan fingerprint density at radius 3 is 2.81 bits per heavy atom. The first-order valence-electron chi connectivity index (χ1n) is 5.36. The van der Waals surface area contributed by atoms with Crippen LogP contribution in [0.25, 0.3) is 0 Å². The predicted molar refractivity (Wildman–Crippen MR) is 62.1 cm³/mol. The van der Waals surface area contributed by atoms with Crippen LogP contribution in [0.5, 0.6) is 5.75 Å². The van der Waals surface area contributed by atoms with Crippen LogP contribution in [-0.4, -0.2) is 30.5 Å². The summed E-state index contributed by atoms with van der Waals surface area (Å²) in [5, 5.41) is 9.86. The summed E-state index contributed by atoms with van der Waals surface area (Å²) < 4.78 is 10.6. The number of hydrogen-bond acceptors (Lipinski definition) is 3. The van der Waals surface area contributed by atoms with Crippen molar-refractivity contribution in [2.24, 2.45) is 0 Å². The second-order valence-corrected chi connectivity index (χ2v) is 4.50. The summed E-state index contributed by atoms with van der Waals surface area (Å²) in [6, 6.07) is 5.61. The summed E-state index contributed by atoms with van der Waals surface area (Å²) >= 11 is 6.09. The summed E-state index contributed by atoms with van der Waals surface area (Å²) in [5.41, 5.74) is 1.01. The Morgan fingerprint density at radius 2 is 2.31 bits per heavy atom. The summed E-state index contributed by atoms with van der Waals surface area (Å²) in [6.07, 6.45) is 0.370. The molecule has 1 fully saturated rings. The largest absolute Gasteiger partial charge is 0.484 e. The van der Waals surface area contributed by atoms with Gasteiger partial charge in [-0.3, -0.25) is 0 Å². The minimum absolute atomic E-state index is 0.125. The number of aliphatic hydroxyl groups excluding tert-OH is 1. The molecule has 1 aliphatic heterocycles. The van der Waals surface area contributed by atoms with Crippen molar-refractivity contribution < 1.29 is 14.6 Å². The molecule has 1 unspecified atom stereocenters. The third-order valence-electron chi connectivity index (χ3n) is 2.43. The Bertz CT molecular complexity index is 361. The Balaban J connectivity index is 2.03. The van der Waals surface area contributed by atoms with Crippen LogP contribution in [0.4, 0.5) is 0 Å². The number of aliphatic hydroxyl groups is 1. The maximum atomic E-state index is 9.27. The van der Waals surface area contributed by atoms with Gasteiger partial charge in [0.15, 0.2) is 0 Å². The molecule has 0 aromatic heterocycles. The number of rotatable bonds is 4. The number of benzene rings is 1. The zero-order chi connectivity index (χ0) is 11.5. The van der Waals surface area contributed by atoms with Gasteiger partial charge in [-0.15, -0.1) is 0 Å². The summed E-state index contributed by atoms with van der Waals surface area (Å²) in [4.78, 5) is 0. The third kappa shape index (κ3) is 2.88. The molecule has 0 saturated carbocycles. The molecule has 0 radical (unpaired) electrons. The molecule has 4 heteroatoms. The molecule has 0 amide bonds. The molecular weight excluding hydrogens is 228 g/mol. The van der Waals surface area contributed by atoms with E-state index in [4.69, 9.17) is 21.1 Å². The zero-order valence-electron chi connectivity index (χ0n) is 9.15. The van der Waals surface area contributed by atoms with Crippen molar-refractivity contribution in [3.05, 3.63) is 28.8 Å². The lowest BCUT2D eigenvalue weighted by atomic mass is 10.1. The average molecular weight is 243 g/mol. The van der Waals surface area contributed by atoms with Crippen molar-refractivity contribution in [1.82, 2.24) is 0 Å². The maximum absolute atomic E-state index is 9.27. The number of hydrogen-bond donors (Lipinski definition) is 1. The predicted octanol–water partition coefficient (Wildman–Crippen LogP) is 2.04. The van der Waals surface area contributed by atoms with E-state index in [1.165, 1.54) is 0 Å². The van der Waals surface area contributed by atoms with Gasteiger partial charge in [-0.1, -0.05) is 17.7 Å². The van der Waals surface area contributed by atoms with Crippen LogP contribution in [0, 0.1) is 0 Å². The van der Waals surface area contributed by atoms with Gasteiger partial charge in [0.1, 0.15) is 11.9 Å². The monoisotopic (exact) mass is 242 g/mol. The standard InChI is InChI=1S/C12H15ClO3/c1-8(14)4-9-2-3-12(11(13)5-9)16-10-6-15-7-10/h2-3,5,8,10,14H,4,6-7H2,1H3. The minimum Gasteiger partial charge on any atom is -0.484 e. The van der Waals surface area contributed by atoms with Crippen LogP contribution >= 0.6 is 11.6 Å². The second kappa shape index (κ2) is 5.04. The van der Waals surface area contributed by atoms with Crippen LogP contribution in [0.15, 0.2) is 18.2 Å². The van der Waals surface area contributed by atoms with Crippen LogP contribution in [0.3, 0.4) is 0 Å². The van der Waals surface area contributed by atoms with Gasteiger partial charge in [-0.25, -0.2) is 0 Å². The van der Waals surface area contributed by atoms with E-state index in [2.05, 4.69) is 0 Å². The highest BCUT2D eigenvalue weighted by Gasteiger charge is 2.21. The zero-order valence-corrected chi connectivity index (χ0v) is 9.91. The first-order chi connectivity index (χ1) is 7.65. The lowest BCUT2D eigenvalue weighted by molar-refractivity contribution is -0.0796. The molecule has 1 heterocycles. The van der Waals surface area contributed by atoms with Crippen LogP contribution in [0.1, 0.15) is 12.5 Å². The minimum atomic E-state index is -0.358. The van der Waals surface area contributed by atoms with Crippen molar-refractivity contribution in [2.45, 2.75) is 25.6 Å². The Labute approximate surface area is 99.9 Å². The lowest BCUT2D eigenvalue weighted by Crippen LogP contribution is -2.38. The van der Waals surface area contributed by atoms with Gasteiger partial charge in [0.2, 0.25) is 0 Å². The quantitative estimate of drug-likeness (QED) is 0.878. The van der Waals surface area contributed by atoms with Crippen molar-refractivity contribution >= 4 is 11.6 Å². The SMILES string of the molecule is CC(O)Cc1ccc(OC2COC2)c(Cl)c1. The van der Waals surface area contributed by atoms with Gasteiger partial charge in [-0.2, -0.15) is 0 Å². The summed E-state index contributed by atoms with van der Waals surface area (Å²) in [7, 11) is 0.